The van der Waals surface area contributed by atoms with Gasteiger partial charge < -0.3 is 21.1 Å². The number of carbonyl (C=O) groups is 1. The average Bonchev–Trinajstić information content (AvgIpc) is 3.36. The molecule has 0 saturated heterocycles. The van der Waals surface area contributed by atoms with Gasteiger partial charge in [0.05, 0.1) is 17.6 Å². The fourth-order valence-corrected chi connectivity index (χ4v) is 3.51. The van der Waals surface area contributed by atoms with Gasteiger partial charge in [0.15, 0.2) is 0 Å². The Hall–Kier alpha value is -5.33. The smallest absolute Gasteiger partial charge is 0.264 e. The molecule has 0 atom stereocenters. The first kappa shape index (κ1) is 23.4. The van der Waals surface area contributed by atoms with Gasteiger partial charge in [0.2, 0.25) is 17.7 Å². The van der Waals surface area contributed by atoms with Crippen LogP contribution < -0.4 is 26.7 Å². The zero-order valence-corrected chi connectivity index (χ0v) is 19.9. The van der Waals surface area contributed by atoms with Crippen molar-refractivity contribution in [2.24, 2.45) is 7.05 Å². The number of aromatic nitrogens is 7. The lowest BCUT2D eigenvalue weighted by Crippen LogP contribution is -2.28. The van der Waals surface area contributed by atoms with E-state index in [-0.39, 0.29) is 17.3 Å². The van der Waals surface area contributed by atoms with E-state index in [0.29, 0.717) is 34.2 Å². The number of aryl methyl sites for hydroxylation is 2. The lowest BCUT2D eigenvalue weighted by Gasteiger charge is -2.11. The van der Waals surface area contributed by atoms with Crippen molar-refractivity contribution in [2.45, 2.75) is 13.5 Å². The molecule has 0 saturated carbocycles. The number of anilines is 4. The molecule has 0 aliphatic carbocycles. The number of hydrogen-bond donors (Lipinski definition) is 3. The van der Waals surface area contributed by atoms with Crippen LogP contribution in [0.3, 0.4) is 0 Å². The number of hydrogen-bond acceptors (Lipinski definition) is 10. The second kappa shape index (κ2) is 9.73. The van der Waals surface area contributed by atoms with Crippen LogP contribution in [0.2, 0.25) is 0 Å². The highest BCUT2D eigenvalue weighted by Crippen LogP contribution is 2.21. The summed E-state index contributed by atoms with van der Waals surface area (Å²) in [6.07, 6.45) is 6.41. The molecule has 1 amide bonds. The molecule has 5 heterocycles. The van der Waals surface area contributed by atoms with Crippen molar-refractivity contribution in [1.29, 1.82) is 0 Å². The van der Waals surface area contributed by atoms with Crippen LogP contribution >= 0.6 is 0 Å². The van der Waals surface area contributed by atoms with Crippen LogP contribution in [0.1, 0.15) is 17.3 Å². The Labute approximate surface area is 210 Å². The molecular formula is C24H22N10O3. The fraction of sp³-hybridized carbons (Fsp3) is 0.125. The van der Waals surface area contributed by atoms with Crippen LogP contribution in [0.25, 0.3) is 11.0 Å². The Morgan fingerprint density at radius 3 is 2.70 bits per heavy atom. The summed E-state index contributed by atoms with van der Waals surface area (Å²) < 4.78 is 8.68. The minimum atomic E-state index is -0.612. The Morgan fingerprint density at radius 1 is 1.11 bits per heavy atom. The number of nitrogens with two attached hydrogens (primary N) is 1. The molecule has 4 N–H and O–H groups in total. The van der Waals surface area contributed by atoms with Crippen LogP contribution in [0, 0.1) is 0 Å². The van der Waals surface area contributed by atoms with Crippen LogP contribution in [-0.2, 0) is 13.6 Å². The molecule has 5 aromatic heterocycles. The second-order valence-corrected chi connectivity index (χ2v) is 7.91. The molecule has 0 aliphatic heterocycles. The summed E-state index contributed by atoms with van der Waals surface area (Å²) in [7, 11) is 1.53. The lowest BCUT2D eigenvalue weighted by atomic mass is 10.2. The molecule has 37 heavy (non-hydrogen) atoms. The summed E-state index contributed by atoms with van der Waals surface area (Å²) in [6.45, 7) is 2.73. The Morgan fingerprint density at radius 2 is 1.97 bits per heavy atom. The van der Waals surface area contributed by atoms with Crippen molar-refractivity contribution in [3.8, 4) is 11.8 Å². The molecule has 0 radical (unpaired) electrons. The summed E-state index contributed by atoms with van der Waals surface area (Å²) >= 11 is 0. The largest absolute Gasteiger partial charge is 0.419 e. The predicted octanol–water partition coefficient (Wildman–Crippen LogP) is 2.71. The monoisotopic (exact) mass is 498 g/mol. The van der Waals surface area contributed by atoms with Crippen molar-refractivity contribution >= 4 is 40.1 Å². The van der Waals surface area contributed by atoms with Crippen LogP contribution in [0.15, 0.2) is 66.0 Å². The standard InChI is InChI=1S/C24H22N10O3/c1-3-34-10-8-19(32-34)37-18-7-6-15(13-27-18)29-24-28-12-14-11-16(23(36)33(2)21(14)31-24)22(35)30-17-5-4-9-26-20(17)25/h4-13H,3H2,1-2H3,(H2,25,26)(H,30,35)(H,28,29,31). The van der Waals surface area contributed by atoms with Gasteiger partial charge >= 0.3 is 0 Å². The van der Waals surface area contributed by atoms with Gasteiger partial charge in [-0.1, -0.05) is 0 Å². The Balaban J connectivity index is 1.34. The topological polar surface area (TPSA) is 168 Å². The minimum Gasteiger partial charge on any atom is -0.419 e. The van der Waals surface area contributed by atoms with E-state index in [0.717, 1.165) is 6.54 Å². The van der Waals surface area contributed by atoms with E-state index in [9.17, 15) is 9.59 Å². The van der Waals surface area contributed by atoms with Gasteiger partial charge in [0, 0.05) is 49.7 Å². The predicted molar refractivity (Wildman–Crippen MR) is 137 cm³/mol. The van der Waals surface area contributed by atoms with E-state index in [2.05, 4.69) is 35.7 Å². The SMILES string of the molecule is CCn1ccc(Oc2ccc(Nc3ncc4cc(C(=O)Nc5cccnc5N)c(=O)n(C)c4n3)cn2)n1. The lowest BCUT2D eigenvalue weighted by molar-refractivity contribution is 0.102. The van der Waals surface area contributed by atoms with E-state index < -0.39 is 11.5 Å². The minimum absolute atomic E-state index is 0.0777. The number of fused-ring (bicyclic) bond motifs is 1. The highest BCUT2D eigenvalue weighted by Gasteiger charge is 2.17. The quantitative estimate of drug-likeness (QED) is 0.303. The fourth-order valence-electron chi connectivity index (χ4n) is 3.51. The molecule has 0 aromatic carbocycles. The van der Waals surface area contributed by atoms with E-state index in [1.54, 1.807) is 41.2 Å². The summed E-state index contributed by atoms with van der Waals surface area (Å²) in [5, 5.41) is 10.4. The summed E-state index contributed by atoms with van der Waals surface area (Å²) in [4.78, 5) is 42.6. The number of amides is 1. The Kier molecular flexibility index (Phi) is 6.16. The van der Waals surface area contributed by atoms with Gasteiger partial charge in [-0.3, -0.25) is 18.8 Å². The van der Waals surface area contributed by atoms with E-state index in [1.165, 1.54) is 30.1 Å². The van der Waals surface area contributed by atoms with Crippen LogP contribution in [0.4, 0.5) is 23.1 Å². The summed E-state index contributed by atoms with van der Waals surface area (Å²) in [5.41, 5.74) is 6.45. The first-order chi connectivity index (χ1) is 17.9. The second-order valence-electron chi connectivity index (χ2n) is 7.91. The van der Waals surface area contributed by atoms with Crippen molar-refractivity contribution < 1.29 is 9.53 Å². The molecule has 13 heteroatoms. The third-order valence-corrected chi connectivity index (χ3v) is 5.42. The third kappa shape index (κ3) is 4.91. The number of nitrogens with one attached hydrogen (secondary N) is 2. The van der Waals surface area contributed by atoms with Gasteiger partial charge in [0.25, 0.3) is 11.5 Å². The molecule has 0 aliphatic rings. The average molecular weight is 499 g/mol. The maximum Gasteiger partial charge on any atom is 0.264 e. The van der Waals surface area contributed by atoms with E-state index >= 15 is 0 Å². The van der Waals surface area contributed by atoms with Gasteiger partial charge in [-0.15, -0.1) is 5.10 Å². The maximum absolute atomic E-state index is 12.9. The van der Waals surface area contributed by atoms with E-state index in [4.69, 9.17) is 10.5 Å². The van der Waals surface area contributed by atoms with Gasteiger partial charge in [-0.05, 0) is 31.2 Å². The highest BCUT2D eigenvalue weighted by atomic mass is 16.5. The first-order valence-electron chi connectivity index (χ1n) is 11.2. The first-order valence-corrected chi connectivity index (χ1v) is 11.2. The van der Waals surface area contributed by atoms with Gasteiger partial charge in [-0.25, -0.2) is 15.0 Å². The third-order valence-electron chi connectivity index (χ3n) is 5.42. The van der Waals surface area contributed by atoms with Crippen molar-refractivity contribution in [1.82, 2.24) is 34.3 Å². The zero-order chi connectivity index (χ0) is 25.9. The van der Waals surface area contributed by atoms with E-state index in [1.807, 2.05) is 13.1 Å². The van der Waals surface area contributed by atoms with Crippen molar-refractivity contribution in [3.63, 3.8) is 0 Å². The van der Waals surface area contributed by atoms with Crippen molar-refractivity contribution in [2.75, 3.05) is 16.4 Å². The molecule has 13 nitrogen and oxygen atoms in total. The highest BCUT2D eigenvalue weighted by molar-refractivity contribution is 6.06. The molecule has 5 rings (SSSR count). The number of rotatable bonds is 7. The molecule has 0 unspecified atom stereocenters. The maximum atomic E-state index is 12.9. The number of nitrogen functional groups attached to an aromatic ring is 1. The molecule has 0 spiro atoms. The number of pyridine rings is 3. The summed E-state index contributed by atoms with van der Waals surface area (Å²) in [6, 6.07) is 9.86. The molecule has 0 fully saturated rings. The number of ether oxygens (including phenoxy) is 1. The van der Waals surface area contributed by atoms with Crippen molar-refractivity contribution in [3.05, 3.63) is 77.1 Å². The normalized spacial score (nSPS) is 10.9. The zero-order valence-electron chi connectivity index (χ0n) is 19.9. The Bertz CT molecular complexity index is 1660. The number of nitrogens with zero attached hydrogens (tertiary/aromatic N) is 7. The molecule has 5 aromatic rings. The van der Waals surface area contributed by atoms with Crippen LogP contribution in [-0.4, -0.2) is 40.2 Å². The van der Waals surface area contributed by atoms with Gasteiger partial charge in [-0.2, -0.15) is 4.98 Å². The molecular weight excluding hydrogens is 476 g/mol. The molecule has 0 bridgehead atoms. The van der Waals surface area contributed by atoms with Crippen LogP contribution in [0.5, 0.6) is 11.8 Å². The number of carbonyl (C=O) groups excluding carboxylic acids is 1. The van der Waals surface area contributed by atoms with Gasteiger partial charge in [0.1, 0.15) is 17.0 Å². The summed E-state index contributed by atoms with van der Waals surface area (Å²) in [5.74, 6) is 0.617. The molecule has 186 valence electrons.